The van der Waals surface area contributed by atoms with Gasteiger partial charge in [0.25, 0.3) is 10.0 Å². The number of aryl methyl sites for hydroxylation is 1. The van der Waals surface area contributed by atoms with Crippen molar-refractivity contribution in [2.45, 2.75) is 11.8 Å². The van der Waals surface area contributed by atoms with Gasteiger partial charge in [-0.2, -0.15) is 0 Å². The van der Waals surface area contributed by atoms with E-state index in [9.17, 15) is 17.2 Å². The molecule has 2 aromatic carbocycles. The predicted octanol–water partition coefficient (Wildman–Crippen LogP) is 5.69. The molecular formula is C22H14ClF2N5O3S2. The molecule has 178 valence electrons. The van der Waals surface area contributed by atoms with Crippen molar-refractivity contribution in [2.24, 2.45) is 0 Å². The maximum Gasteiger partial charge on any atom is 0.266 e. The van der Waals surface area contributed by atoms with Crippen LogP contribution in [-0.2, 0) is 10.0 Å². The van der Waals surface area contributed by atoms with E-state index < -0.39 is 32.3 Å². The second-order valence-electron chi connectivity index (χ2n) is 7.25. The number of hydrogen-bond donors (Lipinski definition) is 1. The Morgan fingerprint density at radius 3 is 2.66 bits per heavy atom. The second kappa shape index (κ2) is 8.87. The fraction of sp³-hybridized carbons (Fsp3) is 0.0455. The first-order valence-corrected chi connectivity index (χ1v) is 12.6. The van der Waals surface area contributed by atoms with Crippen molar-refractivity contribution >= 4 is 43.7 Å². The van der Waals surface area contributed by atoms with Gasteiger partial charge in [-0.3, -0.25) is 9.12 Å². The van der Waals surface area contributed by atoms with Gasteiger partial charge < -0.3 is 4.74 Å². The minimum atomic E-state index is -4.46. The average Bonchev–Trinajstić information content (AvgIpc) is 3.45. The summed E-state index contributed by atoms with van der Waals surface area (Å²) in [6, 6.07) is 11.3. The second-order valence-corrected chi connectivity index (χ2v) is 10.5. The van der Waals surface area contributed by atoms with Crippen LogP contribution in [-0.4, -0.2) is 28.0 Å². The van der Waals surface area contributed by atoms with Crippen LogP contribution in [0.1, 0.15) is 5.01 Å². The number of sulfonamides is 1. The number of nitrogens with zero attached hydrogens (tertiary/aromatic N) is 4. The van der Waals surface area contributed by atoms with Gasteiger partial charge in [0.1, 0.15) is 27.1 Å². The largest absolute Gasteiger partial charge is 0.453 e. The zero-order chi connectivity index (χ0) is 24.7. The lowest BCUT2D eigenvalue weighted by molar-refractivity contribution is 0.433. The highest BCUT2D eigenvalue weighted by Crippen LogP contribution is 2.37. The number of ether oxygens (including phenoxy) is 1. The Kier molecular flexibility index (Phi) is 5.87. The molecule has 0 saturated heterocycles. The van der Waals surface area contributed by atoms with Crippen LogP contribution in [0.5, 0.6) is 11.5 Å². The first-order chi connectivity index (χ1) is 16.7. The fourth-order valence-corrected chi connectivity index (χ4v) is 5.45. The monoisotopic (exact) mass is 533 g/mol. The first kappa shape index (κ1) is 23.1. The van der Waals surface area contributed by atoms with Crippen molar-refractivity contribution in [1.82, 2.24) is 19.6 Å². The molecule has 0 spiro atoms. The zero-order valence-corrected chi connectivity index (χ0v) is 20.1. The number of fused-ring (bicyclic) bond motifs is 1. The van der Waals surface area contributed by atoms with Gasteiger partial charge in [-0.05, 0) is 37.3 Å². The Morgan fingerprint density at radius 2 is 1.89 bits per heavy atom. The molecule has 0 unspecified atom stereocenters. The lowest BCUT2D eigenvalue weighted by atomic mass is 10.1. The van der Waals surface area contributed by atoms with Crippen LogP contribution in [0.2, 0.25) is 5.02 Å². The average molecular weight is 534 g/mol. The number of hydrogen-bond acceptors (Lipinski definition) is 7. The molecule has 8 nitrogen and oxygen atoms in total. The molecule has 0 bridgehead atoms. The SMILES string of the molecule is Cc1nnc(NS(=O)(=O)c2cc(F)c(Oc3ccc(Cl)cc3-c3cccc4nccn34)cc2F)s1. The van der Waals surface area contributed by atoms with Crippen molar-refractivity contribution in [2.75, 3.05) is 4.72 Å². The van der Waals surface area contributed by atoms with Crippen LogP contribution in [0.15, 0.2) is 65.8 Å². The Hall–Kier alpha value is -3.61. The van der Waals surface area contributed by atoms with E-state index in [1.54, 1.807) is 48.0 Å². The number of nitrogens with one attached hydrogen (secondary N) is 1. The van der Waals surface area contributed by atoms with Gasteiger partial charge in [0, 0.05) is 35.1 Å². The Bertz CT molecular complexity index is 1690. The molecule has 0 amide bonds. The number of anilines is 1. The quantitative estimate of drug-likeness (QED) is 0.301. The molecule has 0 aliphatic carbocycles. The zero-order valence-electron chi connectivity index (χ0n) is 17.7. The van der Waals surface area contributed by atoms with Crippen molar-refractivity contribution in [3.05, 3.63) is 82.6 Å². The molecule has 5 aromatic rings. The molecule has 3 heterocycles. The number of benzene rings is 2. The molecule has 0 aliphatic rings. The molecule has 13 heteroatoms. The van der Waals surface area contributed by atoms with Gasteiger partial charge in [-0.25, -0.2) is 22.2 Å². The van der Waals surface area contributed by atoms with Gasteiger partial charge >= 0.3 is 0 Å². The highest BCUT2D eigenvalue weighted by atomic mass is 35.5. The van der Waals surface area contributed by atoms with Gasteiger partial charge in [0.2, 0.25) is 5.13 Å². The number of imidazole rings is 1. The minimum Gasteiger partial charge on any atom is -0.453 e. The van der Waals surface area contributed by atoms with E-state index in [2.05, 4.69) is 19.9 Å². The van der Waals surface area contributed by atoms with E-state index in [-0.39, 0.29) is 10.9 Å². The molecule has 35 heavy (non-hydrogen) atoms. The first-order valence-electron chi connectivity index (χ1n) is 9.93. The molecule has 0 atom stereocenters. The highest BCUT2D eigenvalue weighted by Gasteiger charge is 2.25. The van der Waals surface area contributed by atoms with Crippen LogP contribution in [0.25, 0.3) is 16.9 Å². The lowest BCUT2D eigenvalue weighted by Gasteiger charge is -2.15. The molecule has 3 aromatic heterocycles. The summed E-state index contributed by atoms with van der Waals surface area (Å²) in [6.45, 7) is 1.63. The third-order valence-electron chi connectivity index (χ3n) is 4.89. The minimum absolute atomic E-state index is 0.0675. The van der Waals surface area contributed by atoms with E-state index in [0.29, 0.717) is 39.1 Å². The Balaban J connectivity index is 1.52. The molecule has 0 fully saturated rings. The number of rotatable bonds is 6. The van der Waals surface area contributed by atoms with Crippen LogP contribution < -0.4 is 9.46 Å². The van der Waals surface area contributed by atoms with Gasteiger partial charge in [0.05, 0.1) is 5.69 Å². The highest BCUT2D eigenvalue weighted by molar-refractivity contribution is 7.93. The summed E-state index contributed by atoms with van der Waals surface area (Å²) in [5, 5.41) is 8.16. The third-order valence-corrected chi connectivity index (χ3v) is 7.36. The molecule has 0 saturated carbocycles. The summed E-state index contributed by atoms with van der Waals surface area (Å²) in [6.07, 6.45) is 3.36. The summed E-state index contributed by atoms with van der Waals surface area (Å²) < 4.78 is 64.6. The van der Waals surface area contributed by atoms with Crippen molar-refractivity contribution in [1.29, 1.82) is 0 Å². The summed E-state index contributed by atoms with van der Waals surface area (Å²) in [5.74, 6) is -2.62. The topological polar surface area (TPSA) is 98.5 Å². The van der Waals surface area contributed by atoms with E-state index in [0.717, 1.165) is 11.3 Å². The number of halogens is 3. The van der Waals surface area contributed by atoms with Crippen LogP contribution in [0.3, 0.4) is 0 Å². The molecule has 1 N–H and O–H groups in total. The van der Waals surface area contributed by atoms with Crippen LogP contribution in [0.4, 0.5) is 13.9 Å². The van der Waals surface area contributed by atoms with Gasteiger partial charge in [-0.1, -0.05) is 29.0 Å². The molecular weight excluding hydrogens is 520 g/mol. The van der Waals surface area contributed by atoms with E-state index in [4.69, 9.17) is 16.3 Å². The smallest absolute Gasteiger partial charge is 0.266 e. The Labute approximate surface area is 206 Å². The summed E-state index contributed by atoms with van der Waals surface area (Å²) in [4.78, 5) is 3.35. The summed E-state index contributed by atoms with van der Waals surface area (Å²) in [5.41, 5.74) is 1.80. The Morgan fingerprint density at radius 1 is 1.06 bits per heavy atom. The van der Waals surface area contributed by atoms with E-state index in [1.807, 2.05) is 0 Å². The molecule has 0 radical (unpaired) electrons. The standard InChI is InChI=1S/C22H14ClF2N5O3S2/c1-12-27-28-22(34-12)29-35(31,32)20-11-15(24)19(10-16(20)25)33-18-6-5-13(23)9-14(18)17-3-2-4-21-26-7-8-30(17)21/h2-11H,1H3,(H,28,29). The normalized spacial score (nSPS) is 11.7. The summed E-state index contributed by atoms with van der Waals surface area (Å²) >= 11 is 7.15. The lowest BCUT2D eigenvalue weighted by Crippen LogP contribution is -2.15. The van der Waals surface area contributed by atoms with E-state index >= 15 is 0 Å². The van der Waals surface area contributed by atoms with E-state index in [1.165, 1.54) is 12.1 Å². The molecule has 0 aliphatic heterocycles. The van der Waals surface area contributed by atoms with Crippen LogP contribution >= 0.6 is 22.9 Å². The predicted molar refractivity (Wildman–Crippen MR) is 128 cm³/mol. The maximum atomic E-state index is 15.0. The van der Waals surface area contributed by atoms with Crippen molar-refractivity contribution in [3.63, 3.8) is 0 Å². The third kappa shape index (κ3) is 4.55. The fourth-order valence-electron chi connectivity index (χ4n) is 3.38. The van der Waals surface area contributed by atoms with Gasteiger partial charge in [0.15, 0.2) is 11.6 Å². The number of aromatic nitrogens is 4. The van der Waals surface area contributed by atoms with Gasteiger partial charge in [-0.15, -0.1) is 10.2 Å². The van der Waals surface area contributed by atoms with Crippen molar-refractivity contribution in [3.8, 4) is 22.8 Å². The molecule has 5 rings (SSSR count). The van der Waals surface area contributed by atoms with Crippen LogP contribution in [0, 0.1) is 18.6 Å². The van der Waals surface area contributed by atoms with Crippen molar-refractivity contribution < 1.29 is 21.9 Å². The maximum absolute atomic E-state index is 15.0. The summed E-state index contributed by atoms with van der Waals surface area (Å²) in [7, 11) is -4.46. The number of pyridine rings is 1.